The molecule has 0 radical (unpaired) electrons. The van der Waals surface area contributed by atoms with Crippen LogP contribution in [0.5, 0.6) is 5.75 Å². The summed E-state index contributed by atoms with van der Waals surface area (Å²) in [5.74, 6) is 0.616. The quantitative estimate of drug-likeness (QED) is 0.651. The average Bonchev–Trinajstić information content (AvgIpc) is 2.39. The van der Waals surface area contributed by atoms with E-state index < -0.39 is 0 Å². The smallest absolute Gasteiger partial charge is 0.124 e. The molecule has 5 heteroatoms. The highest BCUT2D eigenvalue weighted by atomic mass is 35.5. The van der Waals surface area contributed by atoms with E-state index in [1.165, 1.54) is 0 Å². The molecule has 0 aliphatic heterocycles. The largest absolute Gasteiger partial charge is 0.493 e. The van der Waals surface area contributed by atoms with Crippen LogP contribution in [0.15, 0.2) is 42.7 Å². The molecule has 0 aliphatic carbocycles. The van der Waals surface area contributed by atoms with Crippen molar-refractivity contribution in [2.75, 3.05) is 6.61 Å². The summed E-state index contributed by atoms with van der Waals surface area (Å²) in [7, 11) is 0. The van der Waals surface area contributed by atoms with Crippen LogP contribution in [0.3, 0.4) is 0 Å². The second-order valence-corrected chi connectivity index (χ2v) is 4.42. The van der Waals surface area contributed by atoms with Gasteiger partial charge in [-0.15, -0.1) is 0 Å². The van der Waals surface area contributed by atoms with E-state index in [-0.39, 0.29) is 5.84 Å². The SMILES string of the molecule is N=C(N)c1ccc(OCCc2cccnc2)cc1Cl. The fourth-order valence-corrected chi connectivity index (χ4v) is 1.91. The van der Waals surface area contributed by atoms with Crippen molar-refractivity contribution in [2.24, 2.45) is 5.73 Å². The fraction of sp³-hybridized carbons (Fsp3) is 0.143. The van der Waals surface area contributed by atoms with Crippen molar-refractivity contribution >= 4 is 17.4 Å². The highest BCUT2D eigenvalue weighted by molar-refractivity contribution is 6.34. The molecular formula is C14H14ClN3O. The summed E-state index contributed by atoms with van der Waals surface area (Å²) in [6, 6.07) is 9.01. The van der Waals surface area contributed by atoms with Gasteiger partial charge in [-0.05, 0) is 29.8 Å². The normalized spacial score (nSPS) is 10.2. The van der Waals surface area contributed by atoms with Gasteiger partial charge in [0.2, 0.25) is 0 Å². The summed E-state index contributed by atoms with van der Waals surface area (Å²) in [5.41, 5.74) is 7.03. The second kappa shape index (κ2) is 6.20. The maximum atomic E-state index is 7.34. The number of hydrogen-bond donors (Lipinski definition) is 2. The molecule has 0 aliphatic rings. The molecule has 0 atom stereocenters. The number of nitrogens with zero attached hydrogens (tertiary/aromatic N) is 1. The molecule has 1 aromatic heterocycles. The molecule has 3 N–H and O–H groups in total. The maximum Gasteiger partial charge on any atom is 0.124 e. The number of nitrogens with two attached hydrogens (primary N) is 1. The van der Waals surface area contributed by atoms with Crippen LogP contribution in [-0.2, 0) is 6.42 Å². The van der Waals surface area contributed by atoms with Crippen LogP contribution in [0, 0.1) is 5.41 Å². The molecule has 1 heterocycles. The molecule has 2 aromatic rings. The van der Waals surface area contributed by atoms with E-state index in [1.807, 2.05) is 18.3 Å². The Bertz CT molecular complexity index is 572. The van der Waals surface area contributed by atoms with Crippen molar-refractivity contribution in [3.05, 3.63) is 58.9 Å². The first-order valence-corrected chi connectivity index (χ1v) is 6.20. The van der Waals surface area contributed by atoms with Gasteiger partial charge >= 0.3 is 0 Å². The van der Waals surface area contributed by atoms with Crippen molar-refractivity contribution in [3.63, 3.8) is 0 Å². The zero-order chi connectivity index (χ0) is 13.7. The standard InChI is InChI=1S/C14H14ClN3O/c15-13-8-11(3-4-12(13)14(16)17)19-7-5-10-2-1-6-18-9-10/h1-4,6,8-9H,5,7H2,(H3,16,17). The summed E-state index contributed by atoms with van der Waals surface area (Å²) in [6.07, 6.45) is 4.33. The number of halogens is 1. The van der Waals surface area contributed by atoms with Crippen LogP contribution in [0.2, 0.25) is 5.02 Å². The van der Waals surface area contributed by atoms with Gasteiger partial charge in [0, 0.05) is 24.4 Å². The number of hydrogen-bond acceptors (Lipinski definition) is 3. The molecular weight excluding hydrogens is 262 g/mol. The van der Waals surface area contributed by atoms with Gasteiger partial charge in [0.05, 0.1) is 11.6 Å². The zero-order valence-corrected chi connectivity index (χ0v) is 11.0. The number of amidine groups is 1. The molecule has 98 valence electrons. The van der Waals surface area contributed by atoms with Crippen LogP contribution in [-0.4, -0.2) is 17.4 Å². The van der Waals surface area contributed by atoms with Gasteiger partial charge in [-0.2, -0.15) is 0 Å². The first-order valence-electron chi connectivity index (χ1n) is 5.82. The van der Waals surface area contributed by atoms with E-state index in [1.54, 1.807) is 24.4 Å². The van der Waals surface area contributed by atoms with Crippen LogP contribution < -0.4 is 10.5 Å². The van der Waals surface area contributed by atoms with Gasteiger partial charge in [0.25, 0.3) is 0 Å². The predicted octanol–water partition coefficient (Wildman–Crippen LogP) is 2.64. The minimum Gasteiger partial charge on any atom is -0.493 e. The fourth-order valence-electron chi connectivity index (χ4n) is 1.64. The number of benzene rings is 1. The molecule has 0 amide bonds. The Morgan fingerprint density at radius 3 is 2.84 bits per heavy atom. The number of aromatic nitrogens is 1. The Morgan fingerprint density at radius 1 is 1.37 bits per heavy atom. The zero-order valence-electron chi connectivity index (χ0n) is 10.3. The van der Waals surface area contributed by atoms with Gasteiger partial charge in [0.15, 0.2) is 0 Å². The Balaban J connectivity index is 1.93. The van der Waals surface area contributed by atoms with E-state index in [2.05, 4.69) is 4.98 Å². The molecule has 4 nitrogen and oxygen atoms in total. The van der Waals surface area contributed by atoms with Gasteiger partial charge in [-0.25, -0.2) is 0 Å². The summed E-state index contributed by atoms with van der Waals surface area (Å²) in [4.78, 5) is 4.04. The topological polar surface area (TPSA) is 72.0 Å². The van der Waals surface area contributed by atoms with E-state index >= 15 is 0 Å². The highest BCUT2D eigenvalue weighted by Crippen LogP contribution is 2.22. The number of nitrogens with one attached hydrogen (secondary N) is 1. The van der Waals surface area contributed by atoms with E-state index in [9.17, 15) is 0 Å². The lowest BCUT2D eigenvalue weighted by Crippen LogP contribution is -2.11. The lowest BCUT2D eigenvalue weighted by Gasteiger charge is -2.08. The highest BCUT2D eigenvalue weighted by Gasteiger charge is 2.05. The lowest BCUT2D eigenvalue weighted by molar-refractivity contribution is 0.322. The number of ether oxygens (including phenoxy) is 1. The van der Waals surface area contributed by atoms with Crippen molar-refractivity contribution in [1.29, 1.82) is 5.41 Å². The molecule has 0 spiro atoms. The summed E-state index contributed by atoms with van der Waals surface area (Å²) < 4.78 is 5.60. The first kappa shape index (κ1) is 13.4. The molecule has 0 fully saturated rings. The van der Waals surface area contributed by atoms with Gasteiger partial charge < -0.3 is 10.5 Å². The Labute approximate surface area is 116 Å². The Kier molecular flexibility index (Phi) is 4.36. The van der Waals surface area contributed by atoms with Crippen molar-refractivity contribution in [1.82, 2.24) is 4.98 Å². The minimum absolute atomic E-state index is 0.0492. The molecule has 0 saturated carbocycles. The molecule has 0 saturated heterocycles. The lowest BCUT2D eigenvalue weighted by atomic mass is 10.2. The molecule has 1 aromatic carbocycles. The number of nitrogen functional groups attached to an aromatic ring is 1. The van der Waals surface area contributed by atoms with Crippen LogP contribution >= 0.6 is 11.6 Å². The van der Waals surface area contributed by atoms with Crippen molar-refractivity contribution < 1.29 is 4.74 Å². The molecule has 0 unspecified atom stereocenters. The third kappa shape index (κ3) is 3.69. The molecule has 0 bridgehead atoms. The van der Waals surface area contributed by atoms with Crippen LogP contribution in [0.4, 0.5) is 0 Å². The third-order valence-corrected chi connectivity index (χ3v) is 2.93. The number of rotatable bonds is 5. The van der Waals surface area contributed by atoms with Crippen LogP contribution in [0.25, 0.3) is 0 Å². The summed E-state index contributed by atoms with van der Waals surface area (Å²) in [5, 5.41) is 7.77. The monoisotopic (exact) mass is 275 g/mol. The van der Waals surface area contributed by atoms with E-state index in [0.717, 1.165) is 12.0 Å². The minimum atomic E-state index is -0.0492. The average molecular weight is 276 g/mol. The summed E-state index contributed by atoms with van der Waals surface area (Å²) >= 11 is 6.01. The second-order valence-electron chi connectivity index (χ2n) is 4.02. The first-order chi connectivity index (χ1) is 9.16. The third-order valence-electron chi connectivity index (χ3n) is 2.61. The molecule has 19 heavy (non-hydrogen) atoms. The predicted molar refractivity (Wildman–Crippen MR) is 75.9 cm³/mol. The Morgan fingerprint density at radius 2 is 2.21 bits per heavy atom. The van der Waals surface area contributed by atoms with Crippen molar-refractivity contribution in [3.8, 4) is 5.75 Å². The summed E-state index contributed by atoms with van der Waals surface area (Å²) in [6.45, 7) is 0.543. The van der Waals surface area contributed by atoms with Gasteiger partial charge in [-0.1, -0.05) is 17.7 Å². The number of pyridine rings is 1. The van der Waals surface area contributed by atoms with E-state index in [4.69, 9.17) is 27.5 Å². The van der Waals surface area contributed by atoms with Gasteiger partial charge in [-0.3, -0.25) is 10.4 Å². The molecule has 2 rings (SSSR count). The van der Waals surface area contributed by atoms with E-state index in [0.29, 0.717) is 22.9 Å². The van der Waals surface area contributed by atoms with Crippen molar-refractivity contribution in [2.45, 2.75) is 6.42 Å². The Hall–Kier alpha value is -2.07. The van der Waals surface area contributed by atoms with Gasteiger partial charge in [0.1, 0.15) is 11.6 Å². The maximum absolute atomic E-state index is 7.34. The van der Waals surface area contributed by atoms with Crippen LogP contribution in [0.1, 0.15) is 11.1 Å².